The minimum absolute atomic E-state index is 0.548. The lowest BCUT2D eigenvalue weighted by atomic mass is 10.2. The molecule has 0 saturated heterocycles. The van der Waals surface area contributed by atoms with Gasteiger partial charge in [0, 0.05) is 19.8 Å². The van der Waals surface area contributed by atoms with E-state index in [-0.39, 0.29) is 0 Å². The molecule has 2 aromatic rings. The third-order valence-corrected chi connectivity index (χ3v) is 3.39. The Hall–Kier alpha value is -0.750. The largest absolute Gasteiger partial charge is 0.489 e. The quantitative estimate of drug-likeness (QED) is 0.615. The Balaban J connectivity index is 2.04. The topological polar surface area (TPSA) is 35.2 Å². The molecule has 0 aliphatic rings. The molecule has 0 heterocycles. The number of rotatable bonds is 3. The summed E-state index contributed by atoms with van der Waals surface area (Å²) in [7, 11) is 0. The summed E-state index contributed by atoms with van der Waals surface area (Å²) in [5.74, 6) is 0.774. The van der Waals surface area contributed by atoms with E-state index >= 15 is 0 Å². The van der Waals surface area contributed by atoms with Crippen molar-refractivity contribution in [1.29, 1.82) is 0 Å². The van der Waals surface area contributed by atoms with Crippen LogP contribution in [0.1, 0.15) is 5.56 Å². The third-order valence-electron chi connectivity index (χ3n) is 2.21. The first kappa shape index (κ1) is 12.7. The minimum Gasteiger partial charge on any atom is -0.489 e. The summed E-state index contributed by atoms with van der Waals surface area (Å²) in [5, 5.41) is 0. The standard InChI is InChI=1S/C13H11BrINO/c14-10-5-12(16)7-13(6-10)17-8-9-1-3-11(15)4-2-9/h1-7H,8,16H2. The summed E-state index contributed by atoms with van der Waals surface area (Å²) >= 11 is 5.67. The Morgan fingerprint density at radius 3 is 2.47 bits per heavy atom. The van der Waals surface area contributed by atoms with Crippen molar-refractivity contribution in [2.75, 3.05) is 5.73 Å². The number of nitrogen functional groups attached to an aromatic ring is 1. The van der Waals surface area contributed by atoms with Gasteiger partial charge in [0.15, 0.2) is 0 Å². The van der Waals surface area contributed by atoms with Crippen LogP contribution in [-0.2, 0) is 6.61 Å². The first-order valence-electron chi connectivity index (χ1n) is 5.07. The number of hydrogen-bond acceptors (Lipinski definition) is 2. The van der Waals surface area contributed by atoms with Gasteiger partial charge in [0.2, 0.25) is 0 Å². The molecule has 0 unspecified atom stereocenters. The number of halogens is 2. The fraction of sp³-hybridized carbons (Fsp3) is 0.0769. The van der Waals surface area contributed by atoms with E-state index in [4.69, 9.17) is 10.5 Å². The van der Waals surface area contributed by atoms with Crippen LogP contribution in [0.5, 0.6) is 5.75 Å². The van der Waals surface area contributed by atoms with Gasteiger partial charge in [-0.2, -0.15) is 0 Å². The molecule has 0 aliphatic heterocycles. The van der Waals surface area contributed by atoms with Crippen LogP contribution in [0.2, 0.25) is 0 Å². The Bertz CT molecular complexity index is 493. The van der Waals surface area contributed by atoms with Crippen LogP contribution >= 0.6 is 38.5 Å². The van der Waals surface area contributed by atoms with Crippen molar-refractivity contribution in [3.05, 3.63) is 56.1 Å². The highest BCUT2D eigenvalue weighted by Crippen LogP contribution is 2.23. The highest BCUT2D eigenvalue weighted by atomic mass is 127. The van der Waals surface area contributed by atoms with Gasteiger partial charge < -0.3 is 10.5 Å². The SMILES string of the molecule is Nc1cc(Br)cc(OCc2ccc(I)cc2)c1. The molecule has 0 saturated carbocycles. The second-order valence-corrected chi connectivity index (χ2v) is 5.80. The van der Waals surface area contributed by atoms with Crippen molar-refractivity contribution in [3.8, 4) is 5.75 Å². The maximum absolute atomic E-state index is 5.74. The van der Waals surface area contributed by atoms with Crippen LogP contribution in [-0.4, -0.2) is 0 Å². The molecule has 0 amide bonds. The van der Waals surface area contributed by atoms with E-state index < -0.39 is 0 Å². The van der Waals surface area contributed by atoms with Gasteiger partial charge in [0.25, 0.3) is 0 Å². The highest BCUT2D eigenvalue weighted by molar-refractivity contribution is 14.1. The predicted molar refractivity (Wildman–Crippen MR) is 82.0 cm³/mol. The molecule has 4 heteroatoms. The Morgan fingerprint density at radius 1 is 1.12 bits per heavy atom. The molecule has 2 aromatic carbocycles. The fourth-order valence-corrected chi connectivity index (χ4v) is 2.26. The molecule has 2 nitrogen and oxygen atoms in total. The number of ether oxygens (including phenoxy) is 1. The van der Waals surface area contributed by atoms with Gasteiger partial charge in [0.05, 0.1) is 0 Å². The van der Waals surface area contributed by atoms with Gasteiger partial charge >= 0.3 is 0 Å². The Morgan fingerprint density at radius 2 is 1.82 bits per heavy atom. The van der Waals surface area contributed by atoms with Crippen LogP contribution in [0.4, 0.5) is 5.69 Å². The van der Waals surface area contributed by atoms with E-state index in [0.29, 0.717) is 12.3 Å². The minimum atomic E-state index is 0.548. The smallest absolute Gasteiger partial charge is 0.122 e. The number of nitrogens with two attached hydrogens (primary N) is 1. The Kier molecular flexibility index (Phi) is 4.28. The molecule has 0 atom stereocenters. The Labute approximate surface area is 122 Å². The monoisotopic (exact) mass is 403 g/mol. The van der Waals surface area contributed by atoms with Crippen LogP contribution in [0.15, 0.2) is 46.9 Å². The van der Waals surface area contributed by atoms with Crippen molar-refractivity contribution >= 4 is 44.2 Å². The van der Waals surface area contributed by atoms with E-state index in [9.17, 15) is 0 Å². The first-order valence-corrected chi connectivity index (χ1v) is 6.94. The zero-order valence-corrected chi connectivity index (χ0v) is 12.7. The van der Waals surface area contributed by atoms with Gasteiger partial charge in [0.1, 0.15) is 12.4 Å². The molecule has 2 rings (SSSR count). The van der Waals surface area contributed by atoms with Crippen LogP contribution in [0.25, 0.3) is 0 Å². The van der Waals surface area contributed by atoms with Crippen LogP contribution in [0, 0.1) is 3.57 Å². The van der Waals surface area contributed by atoms with Crippen LogP contribution < -0.4 is 10.5 Å². The summed E-state index contributed by atoms with van der Waals surface area (Å²) in [6.07, 6.45) is 0. The van der Waals surface area contributed by atoms with Crippen molar-refractivity contribution in [3.63, 3.8) is 0 Å². The summed E-state index contributed by atoms with van der Waals surface area (Å²) in [6, 6.07) is 13.8. The fourth-order valence-electron chi connectivity index (χ4n) is 1.42. The van der Waals surface area contributed by atoms with Crippen molar-refractivity contribution in [2.45, 2.75) is 6.61 Å². The van der Waals surface area contributed by atoms with Gasteiger partial charge in [-0.25, -0.2) is 0 Å². The summed E-state index contributed by atoms with van der Waals surface area (Å²) in [4.78, 5) is 0. The van der Waals surface area contributed by atoms with Gasteiger partial charge in [-0.3, -0.25) is 0 Å². The highest BCUT2D eigenvalue weighted by Gasteiger charge is 1.99. The number of anilines is 1. The second kappa shape index (κ2) is 5.73. The van der Waals surface area contributed by atoms with Crippen LogP contribution in [0.3, 0.4) is 0 Å². The van der Waals surface area contributed by atoms with Gasteiger partial charge in [-0.15, -0.1) is 0 Å². The third kappa shape index (κ3) is 3.89. The van der Waals surface area contributed by atoms with E-state index in [1.54, 1.807) is 0 Å². The zero-order valence-electron chi connectivity index (χ0n) is 8.99. The molecule has 0 aromatic heterocycles. The second-order valence-electron chi connectivity index (χ2n) is 3.64. The van der Waals surface area contributed by atoms with Crippen molar-refractivity contribution in [1.82, 2.24) is 0 Å². The average Bonchev–Trinajstić information content (AvgIpc) is 2.27. The molecule has 0 fully saturated rings. The molecule has 0 spiro atoms. The molecule has 0 aliphatic carbocycles. The van der Waals surface area contributed by atoms with E-state index in [0.717, 1.165) is 15.8 Å². The lowest BCUT2D eigenvalue weighted by Crippen LogP contribution is -1.96. The van der Waals surface area contributed by atoms with E-state index in [2.05, 4.69) is 62.8 Å². The molecular formula is C13H11BrINO. The molecule has 0 radical (unpaired) electrons. The average molecular weight is 404 g/mol. The number of hydrogen-bond donors (Lipinski definition) is 1. The summed E-state index contributed by atoms with van der Waals surface area (Å²) in [6.45, 7) is 0.548. The maximum Gasteiger partial charge on any atom is 0.122 e. The summed E-state index contributed by atoms with van der Waals surface area (Å²) < 4.78 is 7.83. The molecule has 2 N–H and O–H groups in total. The van der Waals surface area contributed by atoms with E-state index in [1.807, 2.05) is 18.2 Å². The van der Waals surface area contributed by atoms with E-state index in [1.165, 1.54) is 3.57 Å². The normalized spacial score (nSPS) is 10.2. The van der Waals surface area contributed by atoms with Crippen molar-refractivity contribution < 1.29 is 4.74 Å². The zero-order chi connectivity index (χ0) is 12.3. The molecular weight excluding hydrogens is 393 g/mol. The maximum atomic E-state index is 5.74. The first-order chi connectivity index (χ1) is 8.13. The number of benzene rings is 2. The van der Waals surface area contributed by atoms with Gasteiger partial charge in [-0.05, 0) is 52.4 Å². The van der Waals surface area contributed by atoms with Crippen molar-refractivity contribution in [2.24, 2.45) is 0 Å². The molecule has 17 heavy (non-hydrogen) atoms. The molecule has 0 bridgehead atoms. The predicted octanol–water partition coefficient (Wildman–Crippen LogP) is 4.21. The lowest BCUT2D eigenvalue weighted by Gasteiger charge is -2.07. The molecule has 88 valence electrons. The van der Waals surface area contributed by atoms with Gasteiger partial charge in [-0.1, -0.05) is 28.1 Å². The summed E-state index contributed by atoms with van der Waals surface area (Å²) in [5.41, 5.74) is 7.57. The lowest BCUT2D eigenvalue weighted by molar-refractivity contribution is 0.306.